The van der Waals surface area contributed by atoms with Gasteiger partial charge in [0, 0.05) is 36.9 Å². The van der Waals surface area contributed by atoms with Gasteiger partial charge in [-0.3, -0.25) is 4.68 Å². The Morgan fingerprint density at radius 2 is 2.00 bits per heavy atom. The minimum atomic E-state index is 0.435. The van der Waals surface area contributed by atoms with Crippen LogP contribution in [0, 0.1) is 13.8 Å². The van der Waals surface area contributed by atoms with E-state index in [0.29, 0.717) is 6.04 Å². The van der Waals surface area contributed by atoms with Gasteiger partial charge in [0.25, 0.3) is 0 Å². The van der Waals surface area contributed by atoms with Crippen molar-refractivity contribution >= 4 is 5.95 Å². The molecule has 1 aliphatic rings. The zero-order valence-electron chi connectivity index (χ0n) is 10.7. The van der Waals surface area contributed by atoms with Crippen molar-refractivity contribution in [3.05, 3.63) is 35.9 Å². The molecule has 1 aliphatic heterocycles. The first-order valence-corrected chi connectivity index (χ1v) is 6.29. The average Bonchev–Trinajstić information content (AvgIpc) is 2.99. The maximum atomic E-state index is 4.52. The Labute approximate surface area is 106 Å². The summed E-state index contributed by atoms with van der Waals surface area (Å²) in [5.74, 6) is 0.849. The van der Waals surface area contributed by atoms with Gasteiger partial charge in [-0.15, -0.1) is 0 Å². The second-order valence-corrected chi connectivity index (χ2v) is 4.83. The van der Waals surface area contributed by atoms with Gasteiger partial charge in [-0.1, -0.05) is 0 Å². The van der Waals surface area contributed by atoms with Gasteiger partial charge in [0.1, 0.15) is 0 Å². The van der Waals surface area contributed by atoms with Gasteiger partial charge in [0.15, 0.2) is 0 Å². The first-order chi connectivity index (χ1) is 8.72. The molecule has 5 heteroatoms. The largest absolute Gasteiger partial charge is 0.339 e. The van der Waals surface area contributed by atoms with Crippen LogP contribution in [0.1, 0.15) is 23.9 Å². The fraction of sp³-hybridized carbons (Fsp3) is 0.462. The molecule has 3 rings (SSSR count). The Hall–Kier alpha value is -1.91. The molecule has 1 saturated heterocycles. The number of aromatic nitrogens is 4. The van der Waals surface area contributed by atoms with Crippen LogP contribution in [0.25, 0.3) is 0 Å². The lowest BCUT2D eigenvalue weighted by atomic mass is 10.3. The van der Waals surface area contributed by atoms with E-state index in [0.717, 1.165) is 36.8 Å². The molecule has 0 saturated carbocycles. The molecule has 1 atom stereocenters. The standard InChI is InChI=1S/C13H17N5/c1-10-8-11(2)16-13(15-10)17-7-4-12(9-17)18-6-3-5-14-18/h3,5-6,8,12H,4,7,9H2,1-2H3. The fourth-order valence-corrected chi connectivity index (χ4v) is 2.48. The van der Waals surface area contributed by atoms with Crippen LogP contribution in [-0.4, -0.2) is 32.8 Å². The smallest absolute Gasteiger partial charge is 0.225 e. The quantitative estimate of drug-likeness (QED) is 0.806. The van der Waals surface area contributed by atoms with Gasteiger partial charge in [-0.2, -0.15) is 5.10 Å². The Kier molecular flexibility index (Phi) is 2.74. The topological polar surface area (TPSA) is 46.8 Å². The molecule has 0 N–H and O–H groups in total. The van der Waals surface area contributed by atoms with E-state index < -0.39 is 0 Å². The van der Waals surface area contributed by atoms with Crippen LogP contribution in [0.3, 0.4) is 0 Å². The van der Waals surface area contributed by atoms with Crippen molar-refractivity contribution in [2.75, 3.05) is 18.0 Å². The lowest BCUT2D eigenvalue weighted by molar-refractivity contribution is 0.494. The van der Waals surface area contributed by atoms with Crippen LogP contribution >= 0.6 is 0 Å². The molecule has 0 spiro atoms. The maximum Gasteiger partial charge on any atom is 0.225 e. The molecule has 18 heavy (non-hydrogen) atoms. The van der Waals surface area contributed by atoms with E-state index >= 15 is 0 Å². The van der Waals surface area contributed by atoms with Crippen molar-refractivity contribution < 1.29 is 0 Å². The van der Waals surface area contributed by atoms with Crippen molar-refractivity contribution in [2.45, 2.75) is 26.3 Å². The van der Waals surface area contributed by atoms with Crippen molar-refractivity contribution in [2.24, 2.45) is 0 Å². The molecule has 1 unspecified atom stereocenters. The molecule has 0 aromatic carbocycles. The van der Waals surface area contributed by atoms with Crippen LogP contribution in [0.15, 0.2) is 24.5 Å². The number of aryl methyl sites for hydroxylation is 2. The van der Waals surface area contributed by atoms with Gasteiger partial charge in [-0.25, -0.2) is 9.97 Å². The fourth-order valence-electron chi connectivity index (χ4n) is 2.48. The number of hydrogen-bond acceptors (Lipinski definition) is 4. The third-order valence-corrected chi connectivity index (χ3v) is 3.32. The summed E-state index contributed by atoms with van der Waals surface area (Å²) in [6, 6.07) is 4.41. The maximum absolute atomic E-state index is 4.52. The summed E-state index contributed by atoms with van der Waals surface area (Å²) < 4.78 is 2.03. The van der Waals surface area contributed by atoms with Crippen LogP contribution < -0.4 is 4.90 Å². The summed E-state index contributed by atoms with van der Waals surface area (Å²) in [7, 11) is 0. The summed E-state index contributed by atoms with van der Waals surface area (Å²) in [5, 5.41) is 4.31. The zero-order valence-corrected chi connectivity index (χ0v) is 10.7. The monoisotopic (exact) mass is 243 g/mol. The Morgan fingerprint density at radius 3 is 2.67 bits per heavy atom. The Bertz CT molecular complexity index is 514. The highest BCUT2D eigenvalue weighted by Crippen LogP contribution is 2.24. The lowest BCUT2D eigenvalue weighted by Crippen LogP contribution is -2.23. The molecule has 1 fully saturated rings. The third kappa shape index (κ3) is 2.08. The predicted octanol–water partition coefficient (Wildman–Crippen LogP) is 1.74. The number of anilines is 1. The molecule has 2 aromatic heterocycles. The molecule has 0 amide bonds. The highest BCUT2D eigenvalue weighted by atomic mass is 15.3. The van der Waals surface area contributed by atoms with E-state index in [4.69, 9.17) is 0 Å². The highest BCUT2D eigenvalue weighted by Gasteiger charge is 2.25. The van der Waals surface area contributed by atoms with Gasteiger partial charge < -0.3 is 4.90 Å². The SMILES string of the molecule is Cc1cc(C)nc(N2CCC(n3cccn3)C2)n1. The first kappa shape index (κ1) is 11.2. The first-order valence-electron chi connectivity index (χ1n) is 6.29. The molecular weight excluding hydrogens is 226 g/mol. The molecule has 0 bridgehead atoms. The van der Waals surface area contributed by atoms with E-state index in [9.17, 15) is 0 Å². The minimum Gasteiger partial charge on any atom is -0.339 e. The Balaban J connectivity index is 1.79. The average molecular weight is 243 g/mol. The number of rotatable bonds is 2. The molecule has 0 radical (unpaired) electrons. The van der Waals surface area contributed by atoms with Crippen molar-refractivity contribution in [3.8, 4) is 0 Å². The molecular formula is C13H17N5. The van der Waals surface area contributed by atoms with E-state index in [1.807, 2.05) is 43.1 Å². The number of nitrogens with zero attached hydrogens (tertiary/aromatic N) is 5. The predicted molar refractivity (Wildman–Crippen MR) is 69.6 cm³/mol. The van der Waals surface area contributed by atoms with E-state index in [2.05, 4.69) is 20.0 Å². The highest BCUT2D eigenvalue weighted by molar-refractivity contribution is 5.34. The van der Waals surface area contributed by atoms with E-state index in [1.54, 1.807) is 0 Å². The van der Waals surface area contributed by atoms with Crippen LogP contribution in [0.2, 0.25) is 0 Å². The molecule has 5 nitrogen and oxygen atoms in total. The summed E-state index contributed by atoms with van der Waals surface area (Å²) in [5.41, 5.74) is 2.06. The Morgan fingerprint density at radius 1 is 1.22 bits per heavy atom. The molecule has 2 aromatic rings. The number of hydrogen-bond donors (Lipinski definition) is 0. The minimum absolute atomic E-state index is 0.435. The zero-order chi connectivity index (χ0) is 12.5. The molecule has 94 valence electrons. The van der Waals surface area contributed by atoms with Crippen molar-refractivity contribution in [1.82, 2.24) is 19.7 Å². The van der Waals surface area contributed by atoms with Crippen LogP contribution in [0.5, 0.6) is 0 Å². The molecule has 0 aliphatic carbocycles. The second-order valence-electron chi connectivity index (χ2n) is 4.83. The van der Waals surface area contributed by atoms with Crippen LogP contribution in [0.4, 0.5) is 5.95 Å². The van der Waals surface area contributed by atoms with E-state index in [1.165, 1.54) is 0 Å². The summed E-state index contributed by atoms with van der Waals surface area (Å²) in [6.07, 6.45) is 4.95. The van der Waals surface area contributed by atoms with Gasteiger partial charge in [0.2, 0.25) is 5.95 Å². The van der Waals surface area contributed by atoms with E-state index in [-0.39, 0.29) is 0 Å². The second kappa shape index (κ2) is 4.40. The third-order valence-electron chi connectivity index (χ3n) is 3.32. The van der Waals surface area contributed by atoms with Gasteiger partial charge >= 0.3 is 0 Å². The van der Waals surface area contributed by atoms with Crippen molar-refractivity contribution in [3.63, 3.8) is 0 Å². The normalized spacial score (nSPS) is 19.4. The molecule has 3 heterocycles. The summed E-state index contributed by atoms with van der Waals surface area (Å²) in [6.45, 7) is 5.95. The van der Waals surface area contributed by atoms with Crippen LogP contribution in [-0.2, 0) is 0 Å². The summed E-state index contributed by atoms with van der Waals surface area (Å²) >= 11 is 0. The lowest BCUT2D eigenvalue weighted by Gasteiger charge is -2.17. The summed E-state index contributed by atoms with van der Waals surface area (Å²) in [4.78, 5) is 11.3. The van der Waals surface area contributed by atoms with Crippen molar-refractivity contribution in [1.29, 1.82) is 0 Å². The van der Waals surface area contributed by atoms with Gasteiger partial charge in [0.05, 0.1) is 6.04 Å². The van der Waals surface area contributed by atoms with Gasteiger partial charge in [-0.05, 0) is 32.4 Å².